The van der Waals surface area contributed by atoms with Gasteiger partial charge in [-0.15, -0.1) is 0 Å². The molecule has 2 aromatic heterocycles. The molecular weight excluding hydrogens is 707 g/mol. The van der Waals surface area contributed by atoms with E-state index >= 15 is 0 Å². The van der Waals surface area contributed by atoms with E-state index in [2.05, 4.69) is 199 Å². The summed E-state index contributed by atoms with van der Waals surface area (Å²) in [5, 5.41) is 4.41. The zero-order chi connectivity index (χ0) is 38.2. The molecule has 9 aromatic carbocycles. The van der Waals surface area contributed by atoms with Gasteiger partial charge in [0.25, 0.3) is 0 Å². The van der Waals surface area contributed by atoms with Crippen molar-refractivity contribution in [3.8, 4) is 22.3 Å². The largest absolute Gasteiger partial charge is 0.455 e. The van der Waals surface area contributed by atoms with E-state index in [0.29, 0.717) is 0 Å². The van der Waals surface area contributed by atoms with Gasteiger partial charge in [-0.1, -0.05) is 170 Å². The molecule has 0 N–H and O–H groups in total. The van der Waals surface area contributed by atoms with Gasteiger partial charge in [0.15, 0.2) is 5.58 Å². The molecule has 1 aliphatic carbocycles. The molecule has 272 valence electrons. The maximum Gasteiger partial charge on any atom is 0.159 e. The molecule has 2 heterocycles. The molecule has 1 aliphatic rings. The lowest BCUT2D eigenvalue weighted by molar-refractivity contribution is 0.669. The van der Waals surface area contributed by atoms with Crippen molar-refractivity contribution in [2.24, 2.45) is 0 Å². The highest BCUT2D eigenvalue weighted by Crippen LogP contribution is 2.57. The number of fused-ring (bicyclic) bond motifs is 9. The van der Waals surface area contributed by atoms with Crippen LogP contribution < -0.4 is 4.90 Å². The average molecular weight is 742 g/mol. The van der Waals surface area contributed by atoms with Crippen LogP contribution in [0.25, 0.3) is 66.1 Å². The molecule has 0 radical (unpaired) electrons. The fraction of sp³-hybridized carbons (Fsp3) is 0.0182. The zero-order valence-electron chi connectivity index (χ0n) is 31.5. The fourth-order valence-corrected chi connectivity index (χ4v) is 9.70. The molecule has 12 rings (SSSR count). The van der Waals surface area contributed by atoms with Crippen molar-refractivity contribution in [1.82, 2.24) is 0 Å². The van der Waals surface area contributed by atoms with E-state index in [9.17, 15) is 0 Å². The van der Waals surface area contributed by atoms with Gasteiger partial charge in [0, 0.05) is 38.5 Å². The summed E-state index contributed by atoms with van der Waals surface area (Å²) in [5.41, 5.74) is 15.6. The van der Waals surface area contributed by atoms with Gasteiger partial charge in [-0.05, 0) is 81.4 Å². The minimum Gasteiger partial charge on any atom is -0.455 e. The lowest BCUT2D eigenvalue weighted by Crippen LogP contribution is -2.28. The second-order valence-electron chi connectivity index (χ2n) is 15.2. The zero-order valence-corrected chi connectivity index (χ0v) is 31.5. The van der Waals surface area contributed by atoms with Crippen LogP contribution in [-0.4, -0.2) is 0 Å². The Morgan fingerprint density at radius 1 is 0.345 bits per heavy atom. The summed E-state index contributed by atoms with van der Waals surface area (Å²) >= 11 is 0. The first-order chi connectivity index (χ1) is 28.8. The summed E-state index contributed by atoms with van der Waals surface area (Å²) in [7, 11) is 0. The highest BCUT2D eigenvalue weighted by molar-refractivity contribution is 6.11. The number of anilines is 3. The van der Waals surface area contributed by atoms with Crippen molar-refractivity contribution in [1.29, 1.82) is 0 Å². The number of nitrogens with zero attached hydrogens (tertiary/aromatic N) is 1. The molecule has 3 heteroatoms. The molecule has 11 aromatic rings. The van der Waals surface area contributed by atoms with Crippen LogP contribution in [0, 0.1) is 0 Å². The van der Waals surface area contributed by atoms with E-state index in [1.807, 2.05) is 18.2 Å². The van der Waals surface area contributed by atoms with E-state index in [1.165, 1.54) is 33.4 Å². The van der Waals surface area contributed by atoms with Crippen molar-refractivity contribution in [3.63, 3.8) is 0 Å². The summed E-state index contributed by atoms with van der Waals surface area (Å²) in [6.45, 7) is 0. The molecule has 0 bridgehead atoms. The molecule has 0 spiro atoms. The van der Waals surface area contributed by atoms with Crippen LogP contribution in [0.5, 0.6) is 0 Å². The maximum atomic E-state index is 6.75. The first kappa shape index (κ1) is 32.6. The van der Waals surface area contributed by atoms with E-state index in [1.54, 1.807) is 0 Å². The van der Waals surface area contributed by atoms with Crippen LogP contribution in [0.3, 0.4) is 0 Å². The van der Waals surface area contributed by atoms with Gasteiger partial charge in [-0.25, -0.2) is 0 Å². The molecular formula is C55H35NO2. The summed E-state index contributed by atoms with van der Waals surface area (Å²) in [4.78, 5) is 2.36. The molecule has 0 atom stereocenters. The predicted octanol–water partition coefficient (Wildman–Crippen LogP) is 15.0. The molecule has 0 saturated carbocycles. The molecule has 0 fully saturated rings. The third-order valence-corrected chi connectivity index (χ3v) is 12.1. The lowest BCUT2D eigenvalue weighted by Gasteiger charge is -2.34. The summed E-state index contributed by atoms with van der Waals surface area (Å²) in [6, 6.07) is 76.2. The highest BCUT2D eigenvalue weighted by atomic mass is 16.3. The first-order valence-electron chi connectivity index (χ1n) is 19.8. The monoisotopic (exact) mass is 741 g/mol. The van der Waals surface area contributed by atoms with Crippen LogP contribution in [0.1, 0.15) is 22.3 Å². The summed E-state index contributed by atoms with van der Waals surface area (Å²) in [6.07, 6.45) is 0. The SMILES string of the molecule is c1ccc(C2(c3ccccc3)c3ccccc3-c3cc(N(c4cccc(-c5cccc6c5oc5ccccc56)c4)c4cccc5c4oc4ccccc45)ccc32)cc1. The van der Waals surface area contributed by atoms with Gasteiger partial charge in [0.2, 0.25) is 0 Å². The Balaban J connectivity index is 1.12. The second kappa shape index (κ2) is 12.7. The fourth-order valence-electron chi connectivity index (χ4n) is 9.70. The van der Waals surface area contributed by atoms with E-state index in [0.717, 1.165) is 72.1 Å². The Bertz CT molecular complexity index is 3320. The topological polar surface area (TPSA) is 29.5 Å². The van der Waals surface area contributed by atoms with Gasteiger partial charge in [0.1, 0.15) is 16.7 Å². The molecule has 58 heavy (non-hydrogen) atoms. The number of furan rings is 2. The van der Waals surface area contributed by atoms with Crippen LogP contribution >= 0.6 is 0 Å². The van der Waals surface area contributed by atoms with E-state index < -0.39 is 5.41 Å². The van der Waals surface area contributed by atoms with Crippen molar-refractivity contribution >= 4 is 60.9 Å². The lowest BCUT2D eigenvalue weighted by atomic mass is 9.68. The van der Waals surface area contributed by atoms with Crippen LogP contribution in [0.15, 0.2) is 221 Å². The van der Waals surface area contributed by atoms with Crippen molar-refractivity contribution in [3.05, 3.63) is 235 Å². The Morgan fingerprint density at radius 2 is 0.879 bits per heavy atom. The van der Waals surface area contributed by atoms with Crippen molar-refractivity contribution in [2.75, 3.05) is 4.90 Å². The molecule has 0 amide bonds. The standard InChI is InChI=1S/C55H35NO2/c1-3-17-37(18-4-1)55(38-19-5-2-6-20-38)48-28-10-7-22-42(48)47-35-40(32-33-49(47)55)56(50-29-15-27-46-44-24-9-12-31-52(44)58-54(46)50)39-21-13-16-36(34-39)41-25-14-26-45-43-23-8-11-30-51(43)57-53(41)45/h1-35H. The smallest absolute Gasteiger partial charge is 0.159 e. The first-order valence-corrected chi connectivity index (χ1v) is 19.8. The maximum absolute atomic E-state index is 6.75. The number of benzene rings is 9. The minimum absolute atomic E-state index is 0.484. The van der Waals surface area contributed by atoms with Crippen LogP contribution in [0.4, 0.5) is 17.1 Å². The van der Waals surface area contributed by atoms with Crippen LogP contribution in [-0.2, 0) is 5.41 Å². The normalized spacial score (nSPS) is 13.0. The van der Waals surface area contributed by atoms with E-state index in [-0.39, 0.29) is 0 Å². The number of para-hydroxylation sites is 4. The molecule has 0 aliphatic heterocycles. The Labute approximate surface area is 335 Å². The number of hydrogen-bond acceptors (Lipinski definition) is 3. The highest BCUT2D eigenvalue weighted by Gasteiger charge is 2.46. The second-order valence-corrected chi connectivity index (χ2v) is 15.2. The van der Waals surface area contributed by atoms with E-state index in [4.69, 9.17) is 8.83 Å². The number of rotatable bonds is 6. The summed E-state index contributed by atoms with van der Waals surface area (Å²) < 4.78 is 13.3. The van der Waals surface area contributed by atoms with Gasteiger partial charge < -0.3 is 13.7 Å². The molecule has 0 unspecified atom stereocenters. The Hall–Kier alpha value is -7.62. The predicted molar refractivity (Wildman–Crippen MR) is 238 cm³/mol. The van der Waals surface area contributed by atoms with Gasteiger partial charge in [-0.3, -0.25) is 0 Å². The van der Waals surface area contributed by atoms with Gasteiger partial charge >= 0.3 is 0 Å². The number of hydrogen-bond donors (Lipinski definition) is 0. The quantitative estimate of drug-likeness (QED) is 0.170. The van der Waals surface area contributed by atoms with Crippen molar-refractivity contribution in [2.45, 2.75) is 5.41 Å². The summed E-state index contributed by atoms with van der Waals surface area (Å²) in [5.74, 6) is 0. The Kier molecular flexibility index (Phi) is 7.14. The van der Waals surface area contributed by atoms with Gasteiger partial charge in [-0.2, -0.15) is 0 Å². The van der Waals surface area contributed by atoms with Crippen molar-refractivity contribution < 1.29 is 8.83 Å². The van der Waals surface area contributed by atoms with Gasteiger partial charge in [0.05, 0.1) is 11.1 Å². The minimum atomic E-state index is -0.484. The third-order valence-electron chi connectivity index (χ3n) is 12.1. The average Bonchev–Trinajstić information content (AvgIpc) is 3.96. The molecule has 0 saturated heterocycles. The van der Waals surface area contributed by atoms with Crippen LogP contribution in [0.2, 0.25) is 0 Å². The Morgan fingerprint density at radius 3 is 1.62 bits per heavy atom. The molecule has 3 nitrogen and oxygen atoms in total. The third kappa shape index (κ3) is 4.68.